The molecule has 0 heterocycles. The molecule has 0 radical (unpaired) electrons. The maximum Gasteiger partial charge on any atom is 0.416 e. The van der Waals surface area contributed by atoms with Crippen LogP contribution >= 0.6 is 0 Å². The van der Waals surface area contributed by atoms with Gasteiger partial charge in [-0.1, -0.05) is 5.16 Å². The third kappa shape index (κ3) is 3.50. The van der Waals surface area contributed by atoms with Gasteiger partial charge in [0.2, 0.25) is 0 Å². The number of hydrogen-bond acceptors (Lipinski definition) is 4. The van der Waals surface area contributed by atoms with Crippen LogP contribution in [0.1, 0.15) is 11.1 Å². The number of nitrogens with zero attached hydrogens (tertiary/aromatic N) is 2. The minimum atomic E-state index is -4.52. The second-order valence-corrected chi connectivity index (χ2v) is 3.86. The molecule has 0 unspecified atom stereocenters. The number of anilines is 1. The zero-order chi connectivity index (χ0) is 14.6. The number of likely N-dealkylation sites (N-methyl/N-ethyl adjacent to an activating group) is 1. The first-order valence-corrected chi connectivity index (χ1v) is 5.32. The molecule has 0 aliphatic heterocycles. The van der Waals surface area contributed by atoms with Crippen LogP contribution in [0.4, 0.5) is 18.9 Å². The van der Waals surface area contributed by atoms with E-state index >= 15 is 0 Å². The summed E-state index contributed by atoms with van der Waals surface area (Å²) in [6.45, 7) is 0.0320. The fourth-order valence-electron chi connectivity index (χ4n) is 1.57. The first-order valence-electron chi connectivity index (χ1n) is 5.32. The molecular weight excluding hydrogens is 263 g/mol. The number of halogens is 3. The molecule has 1 aromatic carbocycles. The molecule has 0 aliphatic carbocycles. The van der Waals surface area contributed by atoms with Gasteiger partial charge in [0.1, 0.15) is 0 Å². The van der Waals surface area contributed by atoms with Gasteiger partial charge in [-0.05, 0) is 18.2 Å². The van der Waals surface area contributed by atoms with Crippen molar-refractivity contribution in [3.8, 4) is 0 Å². The molecule has 0 spiro atoms. The van der Waals surface area contributed by atoms with Crippen LogP contribution in [-0.4, -0.2) is 36.3 Å². The highest BCUT2D eigenvalue weighted by molar-refractivity contribution is 6.02. The maximum atomic E-state index is 12.6. The summed E-state index contributed by atoms with van der Waals surface area (Å²) in [7, 11) is 1.58. The number of rotatable bonds is 4. The predicted molar refractivity (Wildman–Crippen MR) is 64.3 cm³/mol. The van der Waals surface area contributed by atoms with E-state index in [0.717, 1.165) is 12.1 Å². The predicted octanol–water partition coefficient (Wildman–Crippen LogP) is 1.23. The zero-order valence-corrected chi connectivity index (χ0v) is 10.1. The van der Waals surface area contributed by atoms with Gasteiger partial charge in [-0.25, -0.2) is 0 Å². The quantitative estimate of drug-likeness (QED) is 0.334. The summed E-state index contributed by atoms with van der Waals surface area (Å²) in [5.74, 6) is -0.425. The molecule has 0 aliphatic rings. The van der Waals surface area contributed by atoms with Crippen LogP contribution < -0.4 is 10.6 Å². The van der Waals surface area contributed by atoms with Crippen LogP contribution in [0.15, 0.2) is 23.4 Å². The van der Waals surface area contributed by atoms with Crippen molar-refractivity contribution in [3.05, 3.63) is 29.3 Å². The second-order valence-electron chi connectivity index (χ2n) is 3.86. The lowest BCUT2D eigenvalue weighted by molar-refractivity contribution is -0.137. The smallest absolute Gasteiger partial charge is 0.409 e. The van der Waals surface area contributed by atoms with Crippen LogP contribution in [0, 0.1) is 0 Å². The van der Waals surface area contributed by atoms with Gasteiger partial charge < -0.3 is 20.9 Å². The van der Waals surface area contributed by atoms with E-state index in [1.807, 2.05) is 0 Å². The van der Waals surface area contributed by atoms with Crippen molar-refractivity contribution in [2.45, 2.75) is 6.18 Å². The normalized spacial score (nSPS) is 12.6. The van der Waals surface area contributed by atoms with E-state index in [-0.39, 0.29) is 18.7 Å². The Bertz CT molecular complexity index is 475. The molecule has 4 N–H and O–H groups in total. The Morgan fingerprint density at radius 1 is 1.42 bits per heavy atom. The van der Waals surface area contributed by atoms with Crippen molar-refractivity contribution in [1.82, 2.24) is 0 Å². The number of nitrogens with two attached hydrogens (primary N) is 1. The van der Waals surface area contributed by atoms with E-state index in [0.29, 0.717) is 5.69 Å². The minimum Gasteiger partial charge on any atom is -0.409 e. The highest BCUT2D eigenvalue weighted by Crippen LogP contribution is 2.32. The summed E-state index contributed by atoms with van der Waals surface area (Å²) < 4.78 is 37.9. The average Bonchev–Trinajstić information content (AvgIpc) is 2.36. The van der Waals surface area contributed by atoms with Gasteiger partial charge in [-0.15, -0.1) is 0 Å². The molecule has 0 saturated carbocycles. The summed E-state index contributed by atoms with van der Waals surface area (Å²) in [5.41, 5.74) is 4.77. The van der Waals surface area contributed by atoms with Gasteiger partial charge >= 0.3 is 6.18 Å². The van der Waals surface area contributed by atoms with Crippen molar-refractivity contribution in [2.75, 3.05) is 25.1 Å². The maximum absolute atomic E-state index is 12.6. The molecule has 106 valence electrons. The largest absolute Gasteiger partial charge is 0.416 e. The average molecular weight is 277 g/mol. The Morgan fingerprint density at radius 2 is 2.05 bits per heavy atom. The molecule has 0 amide bonds. The number of aliphatic hydroxyl groups excluding tert-OH is 1. The zero-order valence-electron chi connectivity index (χ0n) is 10.1. The lowest BCUT2D eigenvalue weighted by atomic mass is 10.1. The summed E-state index contributed by atoms with van der Waals surface area (Å²) in [4.78, 5) is 1.51. The first kappa shape index (κ1) is 15.1. The van der Waals surface area contributed by atoms with Crippen LogP contribution in [0.2, 0.25) is 0 Å². The standard InChI is InChI=1S/C11H14F3N3O2/c1-17(4-5-18)9-3-2-7(11(12,13)14)6-8(9)10(15)16-19/h2-3,6,18-19H,4-5H2,1H3,(H2,15,16). The Kier molecular flexibility index (Phi) is 4.60. The van der Waals surface area contributed by atoms with Gasteiger partial charge in [-0.2, -0.15) is 13.2 Å². The molecular formula is C11H14F3N3O2. The topological polar surface area (TPSA) is 82.1 Å². The molecule has 0 saturated heterocycles. The fourth-order valence-corrected chi connectivity index (χ4v) is 1.57. The molecule has 1 aromatic rings. The fraction of sp³-hybridized carbons (Fsp3) is 0.364. The van der Waals surface area contributed by atoms with E-state index in [9.17, 15) is 13.2 Å². The van der Waals surface area contributed by atoms with Crippen molar-refractivity contribution < 1.29 is 23.5 Å². The van der Waals surface area contributed by atoms with Crippen molar-refractivity contribution >= 4 is 11.5 Å². The highest BCUT2D eigenvalue weighted by Gasteiger charge is 2.31. The summed E-state index contributed by atoms with van der Waals surface area (Å²) in [5, 5.41) is 20.2. The Hall–Kier alpha value is -1.96. The van der Waals surface area contributed by atoms with Crippen LogP contribution in [0.25, 0.3) is 0 Å². The number of alkyl halides is 3. The van der Waals surface area contributed by atoms with Crippen molar-refractivity contribution in [1.29, 1.82) is 0 Å². The summed E-state index contributed by atoms with van der Waals surface area (Å²) >= 11 is 0. The van der Waals surface area contributed by atoms with Crippen LogP contribution in [0.5, 0.6) is 0 Å². The molecule has 0 bridgehead atoms. The Morgan fingerprint density at radius 3 is 2.53 bits per heavy atom. The van der Waals surface area contributed by atoms with E-state index in [2.05, 4.69) is 5.16 Å². The van der Waals surface area contributed by atoms with Gasteiger partial charge in [0, 0.05) is 24.8 Å². The van der Waals surface area contributed by atoms with Crippen molar-refractivity contribution in [2.24, 2.45) is 10.9 Å². The highest BCUT2D eigenvalue weighted by atomic mass is 19.4. The van der Waals surface area contributed by atoms with Gasteiger partial charge in [0.15, 0.2) is 5.84 Å². The third-order valence-corrected chi connectivity index (χ3v) is 2.55. The number of aliphatic hydroxyl groups is 1. The summed E-state index contributed by atoms with van der Waals surface area (Å²) in [6.07, 6.45) is -4.52. The van der Waals surface area contributed by atoms with Crippen molar-refractivity contribution in [3.63, 3.8) is 0 Å². The molecule has 19 heavy (non-hydrogen) atoms. The lowest BCUT2D eigenvalue weighted by Crippen LogP contribution is -2.26. The number of benzene rings is 1. The SMILES string of the molecule is CN(CCO)c1ccc(C(F)(F)F)cc1/C(N)=N/O. The summed E-state index contributed by atoms with van der Waals surface area (Å²) in [6, 6.07) is 2.92. The molecule has 0 aromatic heterocycles. The molecule has 5 nitrogen and oxygen atoms in total. The van der Waals surface area contributed by atoms with E-state index < -0.39 is 17.6 Å². The lowest BCUT2D eigenvalue weighted by Gasteiger charge is -2.22. The van der Waals surface area contributed by atoms with Gasteiger partial charge in [0.25, 0.3) is 0 Å². The van der Waals surface area contributed by atoms with Gasteiger partial charge in [0.05, 0.1) is 12.2 Å². The molecule has 1 rings (SSSR count). The molecule has 0 atom stereocenters. The Balaban J connectivity index is 3.33. The second kappa shape index (κ2) is 5.79. The van der Waals surface area contributed by atoms with Gasteiger partial charge in [-0.3, -0.25) is 0 Å². The monoisotopic (exact) mass is 277 g/mol. The van der Waals surface area contributed by atoms with E-state index in [4.69, 9.17) is 16.0 Å². The first-order chi connectivity index (χ1) is 8.81. The van der Waals surface area contributed by atoms with E-state index in [1.165, 1.54) is 11.0 Å². The number of amidine groups is 1. The van der Waals surface area contributed by atoms with E-state index in [1.54, 1.807) is 7.05 Å². The Labute approximate surface area is 107 Å². The molecule has 0 fully saturated rings. The molecule has 8 heteroatoms. The number of oxime groups is 1. The van der Waals surface area contributed by atoms with Crippen LogP contribution in [-0.2, 0) is 6.18 Å². The van der Waals surface area contributed by atoms with Crippen LogP contribution in [0.3, 0.4) is 0 Å². The third-order valence-electron chi connectivity index (χ3n) is 2.55. The minimum absolute atomic E-state index is 0.0479. The number of hydrogen-bond donors (Lipinski definition) is 3.